The summed E-state index contributed by atoms with van der Waals surface area (Å²) >= 11 is 0. The van der Waals surface area contributed by atoms with Gasteiger partial charge in [-0.25, -0.2) is 4.98 Å². The zero-order valence-electron chi connectivity index (χ0n) is 13.0. The van der Waals surface area contributed by atoms with E-state index < -0.39 is 0 Å². The monoisotopic (exact) mass is 309 g/mol. The van der Waals surface area contributed by atoms with E-state index in [9.17, 15) is 9.59 Å². The van der Waals surface area contributed by atoms with Crippen LogP contribution >= 0.6 is 0 Å². The summed E-state index contributed by atoms with van der Waals surface area (Å²) in [5, 5.41) is 2.64. The van der Waals surface area contributed by atoms with Crippen molar-refractivity contribution in [1.82, 2.24) is 15.2 Å². The molecular formula is C18H19N3O2. The van der Waals surface area contributed by atoms with Crippen LogP contribution in [0.3, 0.4) is 0 Å². The molecule has 0 aliphatic carbocycles. The molecule has 1 aromatic carbocycles. The minimum Gasteiger partial charge on any atom is -0.347 e. The number of aromatic nitrogens is 1. The maximum absolute atomic E-state index is 12.5. The Balaban J connectivity index is 2.09. The van der Waals surface area contributed by atoms with Crippen molar-refractivity contribution >= 4 is 11.8 Å². The highest BCUT2D eigenvalue weighted by Crippen LogP contribution is 2.08. The predicted octanol–water partition coefficient (Wildman–Crippen LogP) is 2.27. The molecule has 0 bridgehead atoms. The van der Waals surface area contributed by atoms with E-state index in [1.807, 2.05) is 30.3 Å². The first kappa shape index (κ1) is 16.4. The molecule has 0 aliphatic rings. The first-order valence-corrected chi connectivity index (χ1v) is 7.27. The molecule has 118 valence electrons. The minimum absolute atomic E-state index is 0.214. The SMILES string of the molecule is C=CCNC(=O)c1cccc(C(=O)N(C)Cc2ccccc2)n1. The van der Waals surface area contributed by atoms with Gasteiger partial charge in [0.05, 0.1) is 0 Å². The third-order valence-electron chi connectivity index (χ3n) is 3.22. The smallest absolute Gasteiger partial charge is 0.272 e. The Kier molecular flexibility index (Phi) is 5.63. The third kappa shape index (κ3) is 4.51. The molecule has 0 radical (unpaired) electrons. The quantitative estimate of drug-likeness (QED) is 0.833. The molecule has 2 rings (SSSR count). The molecule has 2 aromatic rings. The highest BCUT2D eigenvalue weighted by atomic mass is 16.2. The van der Waals surface area contributed by atoms with E-state index in [1.165, 1.54) is 0 Å². The fraction of sp³-hybridized carbons (Fsp3) is 0.167. The number of rotatable bonds is 6. The number of pyridine rings is 1. The van der Waals surface area contributed by atoms with Crippen molar-refractivity contribution < 1.29 is 9.59 Å². The van der Waals surface area contributed by atoms with Crippen LogP contribution < -0.4 is 5.32 Å². The summed E-state index contributed by atoms with van der Waals surface area (Å²) in [6, 6.07) is 14.5. The lowest BCUT2D eigenvalue weighted by molar-refractivity contribution is 0.0779. The highest BCUT2D eigenvalue weighted by molar-refractivity contribution is 5.96. The first-order chi connectivity index (χ1) is 11.1. The van der Waals surface area contributed by atoms with Crippen LogP contribution in [-0.4, -0.2) is 35.3 Å². The van der Waals surface area contributed by atoms with Crippen LogP contribution in [0.4, 0.5) is 0 Å². The normalized spacial score (nSPS) is 9.96. The topological polar surface area (TPSA) is 62.3 Å². The van der Waals surface area contributed by atoms with Crippen molar-refractivity contribution in [2.24, 2.45) is 0 Å². The second kappa shape index (κ2) is 7.89. The van der Waals surface area contributed by atoms with E-state index in [4.69, 9.17) is 0 Å². The number of nitrogens with zero attached hydrogens (tertiary/aromatic N) is 2. The number of amides is 2. The Labute approximate surface area is 135 Å². The Hall–Kier alpha value is -2.95. The van der Waals surface area contributed by atoms with Crippen LogP contribution in [0.25, 0.3) is 0 Å². The van der Waals surface area contributed by atoms with Gasteiger partial charge in [-0.3, -0.25) is 9.59 Å². The summed E-state index contributed by atoms with van der Waals surface area (Å²) in [6.07, 6.45) is 1.58. The maximum atomic E-state index is 12.5. The molecule has 2 amide bonds. The number of carbonyl (C=O) groups excluding carboxylic acids is 2. The molecule has 0 aliphatic heterocycles. The number of hydrogen-bond acceptors (Lipinski definition) is 3. The van der Waals surface area contributed by atoms with Gasteiger partial charge in [-0.2, -0.15) is 0 Å². The van der Waals surface area contributed by atoms with Crippen LogP contribution in [0.15, 0.2) is 61.2 Å². The van der Waals surface area contributed by atoms with E-state index in [2.05, 4.69) is 16.9 Å². The van der Waals surface area contributed by atoms with Gasteiger partial charge in [0.1, 0.15) is 11.4 Å². The predicted molar refractivity (Wildman–Crippen MR) is 89.0 cm³/mol. The van der Waals surface area contributed by atoms with Gasteiger partial charge in [-0.15, -0.1) is 6.58 Å². The lowest BCUT2D eigenvalue weighted by Crippen LogP contribution is -2.29. The van der Waals surface area contributed by atoms with Crippen molar-refractivity contribution in [1.29, 1.82) is 0 Å². The van der Waals surface area contributed by atoms with Gasteiger partial charge in [0.2, 0.25) is 0 Å². The summed E-state index contributed by atoms with van der Waals surface area (Å²) in [5.74, 6) is -0.558. The van der Waals surface area contributed by atoms with Gasteiger partial charge in [-0.1, -0.05) is 42.5 Å². The van der Waals surface area contributed by atoms with Crippen molar-refractivity contribution in [3.63, 3.8) is 0 Å². The second-order valence-corrected chi connectivity index (χ2v) is 5.05. The van der Waals surface area contributed by atoms with Gasteiger partial charge in [-0.05, 0) is 17.7 Å². The lowest BCUT2D eigenvalue weighted by atomic mass is 10.2. The molecule has 0 spiro atoms. The van der Waals surface area contributed by atoms with E-state index in [0.717, 1.165) is 5.56 Å². The second-order valence-electron chi connectivity index (χ2n) is 5.05. The van der Waals surface area contributed by atoms with Crippen LogP contribution in [0.1, 0.15) is 26.5 Å². The number of benzene rings is 1. The molecule has 5 nitrogen and oxygen atoms in total. The summed E-state index contributed by atoms with van der Waals surface area (Å²) < 4.78 is 0. The van der Waals surface area contributed by atoms with Gasteiger partial charge >= 0.3 is 0 Å². The fourth-order valence-electron chi connectivity index (χ4n) is 2.06. The third-order valence-corrected chi connectivity index (χ3v) is 3.22. The summed E-state index contributed by atoms with van der Waals surface area (Å²) in [5.41, 5.74) is 1.49. The van der Waals surface area contributed by atoms with Gasteiger partial charge in [0.25, 0.3) is 11.8 Å². The number of nitrogens with one attached hydrogen (secondary N) is 1. The Morgan fingerprint density at radius 2 is 1.83 bits per heavy atom. The van der Waals surface area contributed by atoms with Crippen LogP contribution in [0, 0.1) is 0 Å². The van der Waals surface area contributed by atoms with E-state index in [1.54, 1.807) is 36.2 Å². The maximum Gasteiger partial charge on any atom is 0.272 e. The molecule has 0 saturated heterocycles. The van der Waals surface area contributed by atoms with Gasteiger partial charge in [0, 0.05) is 20.1 Å². The fourth-order valence-corrected chi connectivity index (χ4v) is 2.06. The Bertz CT molecular complexity index is 698. The average molecular weight is 309 g/mol. The first-order valence-electron chi connectivity index (χ1n) is 7.27. The van der Waals surface area contributed by atoms with Crippen LogP contribution in [0.2, 0.25) is 0 Å². The standard InChI is InChI=1S/C18H19N3O2/c1-3-12-19-17(22)15-10-7-11-16(20-15)18(23)21(2)13-14-8-5-4-6-9-14/h3-11H,1,12-13H2,2H3,(H,19,22). The van der Waals surface area contributed by atoms with E-state index >= 15 is 0 Å². The molecule has 1 aromatic heterocycles. The number of carbonyl (C=O) groups is 2. The van der Waals surface area contributed by atoms with E-state index in [0.29, 0.717) is 13.1 Å². The average Bonchev–Trinajstić information content (AvgIpc) is 2.60. The van der Waals surface area contributed by atoms with Gasteiger partial charge in [0.15, 0.2) is 0 Å². The molecule has 1 N–H and O–H groups in total. The van der Waals surface area contributed by atoms with Crippen molar-refractivity contribution in [2.75, 3.05) is 13.6 Å². The zero-order valence-corrected chi connectivity index (χ0v) is 13.0. The van der Waals surface area contributed by atoms with Crippen molar-refractivity contribution in [3.05, 3.63) is 78.1 Å². The molecule has 1 heterocycles. The Morgan fingerprint density at radius 3 is 2.52 bits per heavy atom. The number of hydrogen-bond donors (Lipinski definition) is 1. The molecule has 5 heteroatoms. The largest absolute Gasteiger partial charge is 0.347 e. The molecular weight excluding hydrogens is 290 g/mol. The zero-order chi connectivity index (χ0) is 16.7. The van der Waals surface area contributed by atoms with Crippen LogP contribution in [0.5, 0.6) is 0 Å². The van der Waals surface area contributed by atoms with Crippen molar-refractivity contribution in [2.45, 2.75) is 6.54 Å². The lowest BCUT2D eigenvalue weighted by Gasteiger charge is -2.17. The van der Waals surface area contributed by atoms with Crippen molar-refractivity contribution in [3.8, 4) is 0 Å². The molecule has 0 saturated carbocycles. The summed E-state index contributed by atoms with van der Waals surface area (Å²) in [4.78, 5) is 30.1. The highest BCUT2D eigenvalue weighted by Gasteiger charge is 2.15. The van der Waals surface area contributed by atoms with Crippen LogP contribution in [-0.2, 0) is 6.54 Å². The van der Waals surface area contributed by atoms with Gasteiger partial charge < -0.3 is 10.2 Å². The summed E-state index contributed by atoms with van der Waals surface area (Å²) in [7, 11) is 1.71. The molecule has 23 heavy (non-hydrogen) atoms. The molecule has 0 fully saturated rings. The minimum atomic E-state index is -0.328. The Morgan fingerprint density at radius 1 is 1.13 bits per heavy atom. The molecule has 0 unspecified atom stereocenters. The van der Waals surface area contributed by atoms with E-state index in [-0.39, 0.29) is 23.2 Å². The molecule has 0 atom stereocenters. The summed E-state index contributed by atoms with van der Waals surface area (Å²) in [6.45, 7) is 4.37.